The van der Waals surface area contributed by atoms with E-state index in [4.69, 9.17) is 10.6 Å². The number of hydrazine groups is 1. The molecule has 0 unspecified atom stereocenters. The van der Waals surface area contributed by atoms with Gasteiger partial charge in [-0.2, -0.15) is 0 Å². The zero-order valence-electron chi connectivity index (χ0n) is 9.11. The largest absolute Gasteiger partial charge is 0.379 e. The maximum atomic E-state index is 13.5. The monoisotopic (exact) mass is 256 g/mol. The van der Waals surface area contributed by atoms with Gasteiger partial charge in [0.2, 0.25) is 0 Å². The van der Waals surface area contributed by atoms with E-state index in [0.29, 0.717) is 22.1 Å². The lowest BCUT2D eigenvalue weighted by atomic mass is 10.1. The zero-order valence-corrected chi connectivity index (χ0v) is 9.93. The molecule has 1 aromatic carbocycles. The molecular formula is C11H13FN2O2S. The van der Waals surface area contributed by atoms with Crippen LogP contribution in [0.3, 0.4) is 0 Å². The number of rotatable bonds is 4. The van der Waals surface area contributed by atoms with E-state index < -0.39 is 5.91 Å². The van der Waals surface area contributed by atoms with Crippen molar-refractivity contribution in [3.05, 3.63) is 35.1 Å². The van der Waals surface area contributed by atoms with Crippen molar-refractivity contribution < 1.29 is 13.9 Å². The highest BCUT2D eigenvalue weighted by Crippen LogP contribution is 2.25. The van der Waals surface area contributed by atoms with Crippen LogP contribution in [-0.4, -0.2) is 24.4 Å². The number of halogens is 1. The Morgan fingerprint density at radius 2 is 2.35 bits per heavy atom. The number of nitrogens with one attached hydrogen (secondary N) is 1. The highest BCUT2D eigenvalue weighted by Gasteiger charge is 2.19. The molecule has 1 aliphatic heterocycles. The third-order valence-electron chi connectivity index (χ3n) is 2.52. The molecule has 0 bridgehead atoms. The molecule has 0 aromatic heterocycles. The highest BCUT2D eigenvalue weighted by molar-refractivity contribution is 7.99. The second-order valence-corrected chi connectivity index (χ2v) is 5.04. The molecule has 1 aliphatic rings. The molecule has 0 aliphatic carbocycles. The van der Waals surface area contributed by atoms with Gasteiger partial charge in [-0.05, 0) is 23.8 Å². The van der Waals surface area contributed by atoms with Crippen molar-refractivity contribution in [3.8, 4) is 0 Å². The predicted octanol–water partition coefficient (Wildman–Crippen LogP) is 1.06. The van der Waals surface area contributed by atoms with Gasteiger partial charge in [0.1, 0.15) is 5.82 Å². The summed E-state index contributed by atoms with van der Waals surface area (Å²) in [6.45, 7) is 1.44. The number of carbonyl (C=O) groups excluding carboxylic acids is 1. The summed E-state index contributed by atoms with van der Waals surface area (Å²) in [4.78, 5) is 11.3. The van der Waals surface area contributed by atoms with Crippen molar-refractivity contribution in [3.63, 3.8) is 0 Å². The second kappa shape index (κ2) is 5.48. The minimum absolute atomic E-state index is 0.300. The zero-order chi connectivity index (χ0) is 12.3. The summed E-state index contributed by atoms with van der Waals surface area (Å²) in [7, 11) is 0. The van der Waals surface area contributed by atoms with Gasteiger partial charge in [0.05, 0.1) is 18.5 Å². The second-order valence-electron chi connectivity index (χ2n) is 3.75. The standard InChI is InChI=1S/C11H13FN2O2S/c12-10-2-1-7(11(15)14-13)3-8(10)6-17-9-4-16-5-9/h1-3,9H,4-6,13H2,(H,14,15). The highest BCUT2D eigenvalue weighted by atomic mass is 32.2. The Morgan fingerprint density at radius 1 is 1.59 bits per heavy atom. The molecule has 1 fully saturated rings. The van der Waals surface area contributed by atoms with Crippen LogP contribution in [0.15, 0.2) is 18.2 Å². The number of ether oxygens (including phenoxy) is 1. The van der Waals surface area contributed by atoms with E-state index in [1.807, 2.05) is 5.43 Å². The van der Waals surface area contributed by atoms with Crippen LogP contribution in [0.25, 0.3) is 0 Å². The van der Waals surface area contributed by atoms with Crippen LogP contribution in [0.2, 0.25) is 0 Å². The Labute approximate surface area is 103 Å². The van der Waals surface area contributed by atoms with Crippen LogP contribution >= 0.6 is 11.8 Å². The first-order valence-corrected chi connectivity index (χ1v) is 6.24. The Bertz CT molecular complexity index is 424. The van der Waals surface area contributed by atoms with Crippen LogP contribution < -0.4 is 11.3 Å². The number of nitrogen functional groups attached to an aromatic ring is 1. The first kappa shape index (κ1) is 12.3. The fourth-order valence-corrected chi connectivity index (χ4v) is 2.45. The number of benzene rings is 1. The van der Waals surface area contributed by atoms with E-state index >= 15 is 0 Å². The Balaban J connectivity index is 2.05. The molecule has 1 amide bonds. The quantitative estimate of drug-likeness (QED) is 0.480. The number of nitrogens with two attached hydrogens (primary N) is 1. The van der Waals surface area contributed by atoms with Crippen molar-refractivity contribution in [2.24, 2.45) is 5.84 Å². The molecule has 0 radical (unpaired) electrons. The molecule has 0 atom stereocenters. The van der Waals surface area contributed by atoms with E-state index in [-0.39, 0.29) is 5.82 Å². The topological polar surface area (TPSA) is 64.3 Å². The van der Waals surface area contributed by atoms with Crippen LogP contribution in [-0.2, 0) is 10.5 Å². The Morgan fingerprint density at radius 3 is 2.94 bits per heavy atom. The molecule has 0 spiro atoms. The molecule has 1 aromatic rings. The van der Waals surface area contributed by atoms with Gasteiger partial charge in [-0.1, -0.05) is 0 Å². The van der Waals surface area contributed by atoms with Crippen molar-refractivity contribution in [2.75, 3.05) is 13.2 Å². The van der Waals surface area contributed by atoms with E-state index in [9.17, 15) is 9.18 Å². The van der Waals surface area contributed by atoms with Crippen molar-refractivity contribution in [2.45, 2.75) is 11.0 Å². The summed E-state index contributed by atoms with van der Waals surface area (Å²) in [5.74, 6) is 4.85. The lowest BCUT2D eigenvalue weighted by molar-refractivity contribution is 0.0455. The maximum Gasteiger partial charge on any atom is 0.265 e. The summed E-state index contributed by atoms with van der Waals surface area (Å²) in [5.41, 5.74) is 2.91. The normalized spacial score (nSPS) is 15.4. The SMILES string of the molecule is NNC(=O)c1ccc(F)c(CSC2COC2)c1. The molecule has 1 heterocycles. The van der Waals surface area contributed by atoms with Crippen molar-refractivity contribution in [1.29, 1.82) is 0 Å². The molecule has 4 nitrogen and oxygen atoms in total. The van der Waals surface area contributed by atoms with Crippen molar-refractivity contribution in [1.82, 2.24) is 5.43 Å². The van der Waals surface area contributed by atoms with Gasteiger partial charge in [-0.3, -0.25) is 10.2 Å². The van der Waals surface area contributed by atoms with E-state index in [1.165, 1.54) is 18.2 Å². The van der Waals surface area contributed by atoms with Crippen LogP contribution in [0.5, 0.6) is 0 Å². The first-order valence-electron chi connectivity index (χ1n) is 5.19. The fourth-order valence-electron chi connectivity index (χ4n) is 1.43. The molecule has 1 saturated heterocycles. The van der Waals surface area contributed by atoms with Crippen LogP contribution in [0.4, 0.5) is 4.39 Å². The first-order chi connectivity index (χ1) is 8.20. The molecule has 2 rings (SSSR count). The summed E-state index contributed by atoms with van der Waals surface area (Å²) >= 11 is 1.63. The van der Waals surface area contributed by atoms with Gasteiger partial charge < -0.3 is 4.74 Å². The lowest BCUT2D eigenvalue weighted by Gasteiger charge is -2.25. The lowest BCUT2D eigenvalue weighted by Crippen LogP contribution is -2.30. The third kappa shape index (κ3) is 2.96. The maximum absolute atomic E-state index is 13.5. The van der Waals surface area contributed by atoms with Gasteiger partial charge in [0.15, 0.2) is 0 Å². The Hall–Kier alpha value is -1.11. The molecular weight excluding hydrogens is 243 g/mol. The molecule has 92 valence electrons. The number of carbonyl (C=O) groups is 1. The summed E-state index contributed by atoms with van der Waals surface area (Å²) < 4.78 is 18.5. The smallest absolute Gasteiger partial charge is 0.265 e. The summed E-state index contributed by atoms with van der Waals surface area (Å²) in [6.07, 6.45) is 0. The number of hydrogen-bond donors (Lipinski definition) is 2. The summed E-state index contributed by atoms with van der Waals surface area (Å²) in [5, 5.41) is 0.432. The number of thioether (sulfide) groups is 1. The molecule has 3 N–H and O–H groups in total. The molecule has 0 saturated carbocycles. The number of amides is 1. The van der Waals surface area contributed by atoms with Crippen LogP contribution in [0, 0.1) is 5.82 Å². The summed E-state index contributed by atoms with van der Waals surface area (Å²) in [6, 6.07) is 4.24. The predicted molar refractivity (Wildman–Crippen MR) is 64.0 cm³/mol. The number of hydrogen-bond acceptors (Lipinski definition) is 4. The Kier molecular flexibility index (Phi) is 3.98. The van der Waals surface area contributed by atoms with Gasteiger partial charge in [-0.15, -0.1) is 11.8 Å². The average Bonchev–Trinajstić information content (AvgIpc) is 2.28. The van der Waals surface area contributed by atoms with Gasteiger partial charge in [0.25, 0.3) is 5.91 Å². The van der Waals surface area contributed by atoms with Gasteiger partial charge in [0, 0.05) is 11.3 Å². The average molecular weight is 256 g/mol. The fraction of sp³-hybridized carbons (Fsp3) is 0.364. The van der Waals surface area contributed by atoms with Crippen LogP contribution in [0.1, 0.15) is 15.9 Å². The van der Waals surface area contributed by atoms with E-state index in [2.05, 4.69) is 0 Å². The third-order valence-corrected chi connectivity index (χ3v) is 3.74. The minimum Gasteiger partial charge on any atom is -0.379 e. The van der Waals surface area contributed by atoms with E-state index in [1.54, 1.807) is 11.8 Å². The minimum atomic E-state index is -0.414. The van der Waals surface area contributed by atoms with Gasteiger partial charge in [-0.25, -0.2) is 10.2 Å². The molecule has 6 heteroatoms. The van der Waals surface area contributed by atoms with Gasteiger partial charge >= 0.3 is 0 Å². The van der Waals surface area contributed by atoms with Crippen molar-refractivity contribution >= 4 is 17.7 Å². The van der Waals surface area contributed by atoms with E-state index in [0.717, 1.165) is 13.2 Å². The molecule has 17 heavy (non-hydrogen) atoms.